The Balaban J connectivity index is 0.00000300. The molecule has 1 unspecified atom stereocenters. The van der Waals surface area contributed by atoms with Gasteiger partial charge in [-0.05, 0) is 68.8 Å². The minimum absolute atomic E-state index is 0. The first-order valence-corrected chi connectivity index (χ1v) is 9.20. The zero-order chi connectivity index (χ0) is 20.0. The molecule has 1 saturated heterocycles. The molecule has 1 N–H and O–H groups in total. The van der Waals surface area contributed by atoms with Gasteiger partial charge in [0.25, 0.3) is 5.91 Å². The van der Waals surface area contributed by atoms with Crippen LogP contribution in [-0.4, -0.2) is 41.3 Å². The van der Waals surface area contributed by atoms with E-state index in [-0.39, 0.29) is 30.1 Å². The zero-order valence-electron chi connectivity index (χ0n) is 15.7. The summed E-state index contributed by atoms with van der Waals surface area (Å²) in [6, 6.07) is 10.6. The smallest absolute Gasteiger partial charge is 0.406 e. The van der Waals surface area contributed by atoms with Gasteiger partial charge < -0.3 is 15.0 Å². The molecular weight excluding hydrogens is 407 g/mol. The molecule has 3 rings (SSSR count). The molecule has 0 radical (unpaired) electrons. The van der Waals surface area contributed by atoms with Crippen molar-refractivity contribution in [2.24, 2.45) is 0 Å². The van der Waals surface area contributed by atoms with Gasteiger partial charge in [0, 0.05) is 17.8 Å². The fourth-order valence-electron chi connectivity index (χ4n) is 3.31. The number of hydrogen-bond donors (Lipinski definition) is 1. The van der Waals surface area contributed by atoms with E-state index >= 15 is 0 Å². The Morgan fingerprint density at radius 3 is 2.55 bits per heavy atom. The first-order chi connectivity index (χ1) is 13.4. The molecule has 1 aliphatic rings. The van der Waals surface area contributed by atoms with Gasteiger partial charge in [0.05, 0.1) is 12.2 Å². The number of carbonyl (C=O) groups excluding carboxylic acids is 1. The Kier molecular flexibility index (Phi) is 8.28. The van der Waals surface area contributed by atoms with Crippen LogP contribution in [0.5, 0.6) is 5.75 Å². The molecule has 1 aromatic heterocycles. The van der Waals surface area contributed by atoms with Crippen molar-refractivity contribution in [3.05, 3.63) is 59.9 Å². The second-order valence-corrected chi connectivity index (χ2v) is 6.66. The number of nitrogens with one attached hydrogen (secondary N) is 1. The number of ether oxygens (including phenoxy) is 1. The van der Waals surface area contributed by atoms with Crippen molar-refractivity contribution >= 4 is 18.3 Å². The predicted molar refractivity (Wildman–Crippen MR) is 105 cm³/mol. The fraction of sp³-hybridized carbons (Fsp3) is 0.400. The maximum atomic E-state index is 13.2. The summed E-state index contributed by atoms with van der Waals surface area (Å²) in [6.45, 7) is 2.08. The number of aromatic nitrogens is 1. The van der Waals surface area contributed by atoms with Gasteiger partial charge in [-0.25, -0.2) is 0 Å². The van der Waals surface area contributed by atoms with Crippen LogP contribution < -0.4 is 10.1 Å². The molecule has 1 fully saturated rings. The molecule has 5 nitrogen and oxygen atoms in total. The second-order valence-electron chi connectivity index (χ2n) is 6.66. The lowest BCUT2D eigenvalue weighted by Gasteiger charge is -2.31. The van der Waals surface area contributed by atoms with Crippen molar-refractivity contribution < 1.29 is 22.7 Å². The molecular formula is C20H23ClF3N3O2. The Labute approximate surface area is 173 Å². The van der Waals surface area contributed by atoms with Crippen LogP contribution in [-0.2, 0) is 6.54 Å². The summed E-state index contributed by atoms with van der Waals surface area (Å²) < 4.78 is 40.9. The zero-order valence-corrected chi connectivity index (χ0v) is 16.5. The number of nitrogens with zero attached hydrogens (tertiary/aromatic N) is 2. The number of benzene rings is 1. The summed E-state index contributed by atoms with van der Waals surface area (Å²) >= 11 is 0. The second kappa shape index (κ2) is 10.5. The summed E-state index contributed by atoms with van der Waals surface area (Å²) in [7, 11) is 0. The van der Waals surface area contributed by atoms with Gasteiger partial charge in [0.2, 0.25) is 0 Å². The molecule has 0 bridgehead atoms. The third-order valence-corrected chi connectivity index (χ3v) is 4.64. The van der Waals surface area contributed by atoms with Crippen molar-refractivity contribution in [2.75, 3.05) is 13.1 Å². The summed E-state index contributed by atoms with van der Waals surface area (Å²) in [5.74, 6) is -0.574. The molecule has 0 spiro atoms. The highest BCUT2D eigenvalue weighted by molar-refractivity contribution is 5.94. The molecule has 158 valence electrons. The van der Waals surface area contributed by atoms with E-state index in [0.717, 1.165) is 50.2 Å². The molecule has 1 atom stereocenters. The summed E-state index contributed by atoms with van der Waals surface area (Å²) in [5.41, 5.74) is 1.09. The standard InChI is InChI=1S/C20H22F3N3O2.ClH/c21-20(22,23)28-18-8-6-15(7-9-18)19(27)26(14-16-4-1-2-12-25-16)17-5-3-11-24-13-10-17;/h1-2,4,6-9,12,17,24H,3,5,10-11,13-14H2;1H. The van der Waals surface area contributed by atoms with E-state index in [1.54, 1.807) is 11.1 Å². The van der Waals surface area contributed by atoms with Gasteiger partial charge >= 0.3 is 6.36 Å². The van der Waals surface area contributed by atoms with Crippen LogP contribution in [0.15, 0.2) is 48.7 Å². The van der Waals surface area contributed by atoms with E-state index < -0.39 is 6.36 Å². The Hall–Kier alpha value is -2.32. The van der Waals surface area contributed by atoms with Crippen molar-refractivity contribution in [3.8, 4) is 5.75 Å². The van der Waals surface area contributed by atoms with E-state index in [1.165, 1.54) is 12.1 Å². The summed E-state index contributed by atoms with van der Waals surface area (Å²) in [4.78, 5) is 19.3. The third-order valence-electron chi connectivity index (χ3n) is 4.64. The van der Waals surface area contributed by atoms with Crippen molar-refractivity contribution in [1.82, 2.24) is 15.2 Å². The van der Waals surface area contributed by atoms with Crippen LogP contribution in [0.3, 0.4) is 0 Å². The lowest BCUT2D eigenvalue weighted by Crippen LogP contribution is -2.40. The maximum Gasteiger partial charge on any atom is 0.573 e. The van der Waals surface area contributed by atoms with Gasteiger partial charge in [-0.2, -0.15) is 0 Å². The number of amides is 1. The molecule has 2 heterocycles. The first-order valence-electron chi connectivity index (χ1n) is 9.20. The van der Waals surface area contributed by atoms with Crippen LogP contribution in [0, 0.1) is 0 Å². The van der Waals surface area contributed by atoms with Crippen LogP contribution in [0.1, 0.15) is 35.3 Å². The predicted octanol–water partition coefficient (Wildman–Crippen LogP) is 4.19. The third kappa shape index (κ3) is 6.90. The van der Waals surface area contributed by atoms with E-state index in [2.05, 4.69) is 15.0 Å². The van der Waals surface area contributed by atoms with Crippen molar-refractivity contribution in [3.63, 3.8) is 0 Å². The van der Waals surface area contributed by atoms with Crippen LogP contribution in [0.4, 0.5) is 13.2 Å². The fourth-order valence-corrected chi connectivity index (χ4v) is 3.31. The first kappa shape index (κ1) is 23.0. The highest BCUT2D eigenvalue weighted by Crippen LogP contribution is 2.24. The Morgan fingerprint density at radius 1 is 1.14 bits per heavy atom. The number of carbonyl (C=O) groups is 1. The Morgan fingerprint density at radius 2 is 1.90 bits per heavy atom. The average molecular weight is 430 g/mol. The van der Waals surface area contributed by atoms with Gasteiger partial charge in [-0.15, -0.1) is 25.6 Å². The lowest BCUT2D eigenvalue weighted by molar-refractivity contribution is -0.274. The normalized spacial score (nSPS) is 17.0. The SMILES string of the molecule is Cl.O=C(c1ccc(OC(F)(F)F)cc1)N(Cc1ccccn1)C1CCCNCC1. The van der Waals surface area contributed by atoms with Gasteiger partial charge in [0.15, 0.2) is 0 Å². The molecule has 1 aliphatic heterocycles. The van der Waals surface area contributed by atoms with E-state index in [4.69, 9.17) is 0 Å². The quantitative estimate of drug-likeness (QED) is 0.774. The van der Waals surface area contributed by atoms with Crippen molar-refractivity contribution in [1.29, 1.82) is 0 Å². The average Bonchev–Trinajstić information content (AvgIpc) is 2.95. The minimum Gasteiger partial charge on any atom is -0.406 e. The van der Waals surface area contributed by atoms with Gasteiger partial charge in [0.1, 0.15) is 5.75 Å². The molecule has 1 aromatic carbocycles. The molecule has 1 amide bonds. The molecule has 2 aromatic rings. The van der Waals surface area contributed by atoms with Crippen LogP contribution in [0.25, 0.3) is 0 Å². The topological polar surface area (TPSA) is 54.5 Å². The van der Waals surface area contributed by atoms with E-state index in [0.29, 0.717) is 12.1 Å². The molecule has 9 heteroatoms. The summed E-state index contributed by atoms with van der Waals surface area (Å²) in [6.07, 6.45) is -0.455. The Bertz CT molecular complexity index is 765. The highest BCUT2D eigenvalue weighted by Gasteiger charge is 2.31. The molecule has 0 aliphatic carbocycles. The summed E-state index contributed by atoms with van der Waals surface area (Å²) in [5, 5.41) is 3.33. The molecule has 29 heavy (non-hydrogen) atoms. The number of pyridine rings is 1. The number of hydrogen-bond acceptors (Lipinski definition) is 4. The highest BCUT2D eigenvalue weighted by atomic mass is 35.5. The monoisotopic (exact) mass is 429 g/mol. The number of halogens is 4. The van der Waals surface area contributed by atoms with Gasteiger partial charge in [-0.1, -0.05) is 6.07 Å². The number of alkyl halides is 3. The van der Waals surface area contributed by atoms with Crippen LogP contribution in [0.2, 0.25) is 0 Å². The lowest BCUT2D eigenvalue weighted by atomic mass is 10.0. The largest absolute Gasteiger partial charge is 0.573 e. The number of rotatable bonds is 5. The van der Waals surface area contributed by atoms with Crippen molar-refractivity contribution in [2.45, 2.75) is 38.2 Å². The van der Waals surface area contributed by atoms with Gasteiger partial charge in [-0.3, -0.25) is 9.78 Å². The molecule has 0 saturated carbocycles. The van der Waals surface area contributed by atoms with Crippen LogP contribution >= 0.6 is 12.4 Å². The maximum absolute atomic E-state index is 13.2. The van der Waals surface area contributed by atoms with E-state index in [1.807, 2.05) is 18.2 Å². The van der Waals surface area contributed by atoms with E-state index in [9.17, 15) is 18.0 Å². The minimum atomic E-state index is -4.76.